The molecule has 3 aromatic carbocycles. The first kappa shape index (κ1) is 29.7. The van der Waals surface area contributed by atoms with Crippen LogP contribution in [0.4, 0.5) is 5.69 Å². The van der Waals surface area contributed by atoms with E-state index < -0.39 is 28.5 Å². The maximum atomic E-state index is 14.0. The van der Waals surface area contributed by atoms with E-state index in [4.69, 9.17) is 4.74 Å². The zero-order valence-electron chi connectivity index (χ0n) is 22.9. The van der Waals surface area contributed by atoms with Crippen LogP contribution in [0.1, 0.15) is 39.2 Å². The highest BCUT2D eigenvalue weighted by atomic mass is 32.2. The highest BCUT2D eigenvalue weighted by molar-refractivity contribution is 7.92. The molecule has 3 aromatic rings. The standard InChI is InChI=1S/C30H37N3O5S/c1-5-23(3)31-30(35)28(6-2)32(21-24-13-9-7-10-14-24)29(34)22-33(25-15-11-8-12-16-25)39(36,37)27-19-17-26(38-4)18-20-27/h7-20,23,28H,5-6,21-22H2,1-4H3,(H,31,35)/t23-,28+/m0/s1. The number of anilines is 1. The predicted octanol–water partition coefficient (Wildman–Crippen LogP) is 4.61. The van der Waals surface area contributed by atoms with Crippen molar-refractivity contribution in [2.75, 3.05) is 18.0 Å². The van der Waals surface area contributed by atoms with Crippen molar-refractivity contribution in [1.82, 2.24) is 10.2 Å². The predicted molar refractivity (Wildman–Crippen MR) is 153 cm³/mol. The lowest BCUT2D eigenvalue weighted by atomic mass is 10.1. The topological polar surface area (TPSA) is 96.0 Å². The molecule has 39 heavy (non-hydrogen) atoms. The lowest BCUT2D eigenvalue weighted by Gasteiger charge is -2.33. The number of methoxy groups -OCH3 is 1. The van der Waals surface area contributed by atoms with Gasteiger partial charge in [-0.2, -0.15) is 0 Å². The number of hydrogen-bond donors (Lipinski definition) is 1. The first-order valence-electron chi connectivity index (χ1n) is 13.1. The first-order valence-corrected chi connectivity index (χ1v) is 14.5. The van der Waals surface area contributed by atoms with Crippen molar-refractivity contribution < 1.29 is 22.7 Å². The number of carbonyl (C=O) groups excluding carboxylic acids is 2. The van der Waals surface area contributed by atoms with Gasteiger partial charge in [-0.25, -0.2) is 8.42 Å². The zero-order chi connectivity index (χ0) is 28.4. The molecule has 2 atom stereocenters. The lowest BCUT2D eigenvalue weighted by Crippen LogP contribution is -2.53. The van der Waals surface area contributed by atoms with Gasteiger partial charge in [-0.1, -0.05) is 62.4 Å². The second kappa shape index (κ2) is 13.8. The van der Waals surface area contributed by atoms with Crippen LogP contribution in [-0.4, -0.2) is 50.9 Å². The Balaban J connectivity index is 2.01. The number of nitrogens with one attached hydrogen (secondary N) is 1. The highest BCUT2D eigenvalue weighted by Gasteiger charge is 2.33. The van der Waals surface area contributed by atoms with Gasteiger partial charge in [0.05, 0.1) is 17.7 Å². The van der Waals surface area contributed by atoms with Gasteiger partial charge in [0.2, 0.25) is 11.8 Å². The van der Waals surface area contributed by atoms with E-state index in [0.29, 0.717) is 17.9 Å². The molecule has 0 spiro atoms. The Bertz CT molecular complexity index is 1320. The number of sulfonamides is 1. The molecular weight excluding hydrogens is 514 g/mol. The molecule has 0 aromatic heterocycles. The monoisotopic (exact) mass is 551 g/mol. The van der Waals surface area contributed by atoms with Gasteiger partial charge in [0.1, 0.15) is 18.3 Å². The Morgan fingerprint density at radius 1 is 0.872 bits per heavy atom. The minimum absolute atomic E-state index is 0.0242. The minimum Gasteiger partial charge on any atom is -0.497 e. The van der Waals surface area contributed by atoms with Crippen LogP contribution in [0, 0.1) is 0 Å². The molecule has 0 aliphatic heterocycles. The smallest absolute Gasteiger partial charge is 0.264 e. The Labute approximate surface area is 231 Å². The third-order valence-electron chi connectivity index (χ3n) is 6.55. The average molecular weight is 552 g/mol. The van der Waals surface area contributed by atoms with Crippen molar-refractivity contribution in [3.8, 4) is 5.75 Å². The van der Waals surface area contributed by atoms with E-state index in [2.05, 4.69) is 5.32 Å². The molecule has 0 fully saturated rings. The summed E-state index contributed by atoms with van der Waals surface area (Å²) in [6.45, 7) is 5.41. The van der Waals surface area contributed by atoms with Crippen molar-refractivity contribution in [3.63, 3.8) is 0 Å². The molecule has 0 saturated heterocycles. The summed E-state index contributed by atoms with van der Waals surface area (Å²) in [5, 5.41) is 2.98. The fourth-order valence-electron chi connectivity index (χ4n) is 4.14. The number of para-hydroxylation sites is 1. The molecule has 0 saturated carbocycles. The van der Waals surface area contributed by atoms with Gasteiger partial charge < -0.3 is 15.0 Å². The maximum Gasteiger partial charge on any atom is 0.264 e. The van der Waals surface area contributed by atoms with Crippen LogP contribution in [0.3, 0.4) is 0 Å². The fourth-order valence-corrected chi connectivity index (χ4v) is 5.55. The molecule has 0 aliphatic carbocycles. The third kappa shape index (κ3) is 7.60. The molecule has 0 heterocycles. The van der Waals surface area contributed by atoms with Crippen LogP contribution in [0.2, 0.25) is 0 Å². The van der Waals surface area contributed by atoms with Gasteiger partial charge >= 0.3 is 0 Å². The Morgan fingerprint density at radius 3 is 2.00 bits per heavy atom. The molecule has 3 rings (SSSR count). The number of carbonyl (C=O) groups is 2. The SMILES string of the molecule is CC[C@H](C(=O)N[C@@H](C)CC)N(Cc1ccccc1)C(=O)CN(c1ccccc1)S(=O)(=O)c1ccc(OC)cc1. The first-order chi connectivity index (χ1) is 18.7. The van der Waals surface area contributed by atoms with E-state index in [0.717, 1.165) is 16.3 Å². The lowest BCUT2D eigenvalue weighted by molar-refractivity contribution is -0.140. The second-order valence-electron chi connectivity index (χ2n) is 9.27. The van der Waals surface area contributed by atoms with Crippen molar-refractivity contribution in [2.24, 2.45) is 0 Å². The summed E-state index contributed by atoms with van der Waals surface area (Å²) in [6, 6.07) is 23.0. The number of benzene rings is 3. The summed E-state index contributed by atoms with van der Waals surface area (Å²) in [4.78, 5) is 28.8. The van der Waals surface area contributed by atoms with Crippen LogP contribution < -0.4 is 14.4 Å². The molecular formula is C30H37N3O5S. The van der Waals surface area contributed by atoms with Crippen molar-refractivity contribution in [3.05, 3.63) is 90.5 Å². The third-order valence-corrected chi connectivity index (χ3v) is 8.34. The van der Waals surface area contributed by atoms with Gasteiger partial charge in [-0.15, -0.1) is 0 Å². The van der Waals surface area contributed by atoms with Gasteiger partial charge in [-0.3, -0.25) is 13.9 Å². The zero-order valence-corrected chi connectivity index (χ0v) is 23.7. The molecule has 8 nitrogen and oxygen atoms in total. The molecule has 0 bridgehead atoms. The van der Waals surface area contributed by atoms with Crippen LogP contribution in [0.25, 0.3) is 0 Å². The molecule has 208 valence electrons. The number of amides is 2. The molecule has 2 amide bonds. The summed E-state index contributed by atoms with van der Waals surface area (Å²) in [5.74, 6) is -0.227. The number of nitrogens with zero attached hydrogens (tertiary/aromatic N) is 2. The van der Waals surface area contributed by atoms with Crippen molar-refractivity contribution in [1.29, 1.82) is 0 Å². The molecule has 0 unspecified atom stereocenters. The highest BCUT2D eigenvalue weighted by Crippen LogP contribution is 2.26. The Morgan fingerprint density at radius 2 is 1.46 bits per heavy atom. The molecule has 0 radical (unpaired) electrons. The average Bonchev–Trinajstić information content (AvgIpc) is 2.96. The molecule has 0 aliphatic rings. The van der Waals surface area contributed by atoms with E-state index in [-0.39, 0.29) is 23.4 Å². The number of rotatable bonds is 13. The van der Waals surface area contributed by atoms with E-state index in [1.54, 1.807) is 42.5 Å². The Hall–Kier alpha value is -3.85. The summed E-state index contributed by atoms with van der Waals surface area (Å²) in [5.41, 5.74) is 1.18. The molecule has 1 N–H and O–H groups in total. The van der Waals surface area contributed by atoms with Gasteiger partial charge in [0.25, 0.3) is 10.0 Å². The van der Waals surface area contributed by atoms with E-state index in [1.165, 1.54) is 24.1 Å². The van der Waals surface area contributed by atoms with Gasteiger partial charge in [-0.05, 0) is 61.7 Å². The Kier molecular flexibility index (Phi) is 10.5. The van der Waals surface area contributed by atoms with Gasteiger partial charge in [0, 0.05) is 12.6 Å². The summed E-state index contributed by atoms with van der Waals surface area (Å²) < 4.78 is 33.9. The summed E-state index contributed by atoms with van der Waals surface area (Å²) in [7, 11) is -2.63. The maximum absolute atomic E-state index is 14.0. The number of hydrogen-bond acceptors (Lipinski definition) is 5. The summed E-state index contributed by atoms with van der Waals surface area (Å²) in [6.07, 6.45) is 1.12. The van der Waals surface area contributed by atoms with Crippen LogP contribution >= 0.6 is 0 Å². The normalized spacial score (nSPS) is 12.7. The van der Waals surface area contributed by atoms with Crippen LogP contribution in [0.15, 0.2) is 89.8 Å². The van der Waals surface area contributed by atoms with Crippen molar-refractivity contribution in [2.45, 2.75) is 57.1 Å². The number of ether oxygens (including phenoxy) is 1. The van der Waals surface area contributed by atoms with Crippen LogP contribution in [0.5, 0.6) is 5.75 Å². The van der Waals surface area contributed by atoms with Crippen LogP contribution in [-0.2, 0) is 26.2 Å². The minimum atomic E-state index is -4.13. The fraction of sp³-hybridized carbons (Fsp3) is 0.333. The van der Waals surface area contributed by atoms with Gasteiger partial charge in [0.15, 0.2) is 0 Å². The summed E-state index contributed by atoms with van der Waals surface area (Å²) >= 11 is 0. The largest absolute Gasteiger partial charge is 0.497 e. The van der Waals surface area contributed by atoms with Crippen molar-refractivity contribution >= 4 is 27.5 Å². The quantitative estimate of drug-likeness (QED) is 0.335. The van der Waals surface area contributed by atoms with E-state index in [1.807, 2.05) is 51.1 Å². The van der Waals surface area contributed by atoms with E-state index in [9.17, 15) is 18.0 Å². The van der Waals surface area contributed by atoms with E-state index >= 15 is 0 Å². The second-order valence-corrected chi connectivity index (χ2v) is 11.1. The molecule has 9 heteroatoms.